The standard InChI is InChI=1S/C16H23BrFN/c1-11(2)12-4-3-5-14(8-6-12)19-16-9-7-13(17)10-15(16)18/h7,9-12,14,19H,3-6,8H2,1-2H3. The van der Waals surface area contributed by atoms with Crippen molar-refractivity contribution in [2.45, 2.75) is 52.0 Å². The molecule has 19 heavy (non-hydrogen) atoms. The number of nitrogens with one attached hydrogen (secondary N) is 1. The smallest absolute Gasteiger partial charge is 0.147 e. The maximum absolute atomic E-state index is 13.8. The van der Waals surface area contributed by atoms with E-state index in [1.54, 1.807) is 0 Å². The van der Waals surface area contributed by atoms with E-state index in [9.17, 15) is 4.39 Å². The fourth-order valence-corrected chi connectivity index (χ4v) is 3.30. The summed E-state index contributed by atoms with van der Waals surface area (Å²) in [6.07, 6.45) is 6.13. The van der Waals surface area contributed by atoms with Gasteiger partial charge in [0, 0.05) is 10.5 Å². The van der Waals surface area contributed by atoms with Crippen molar-refractivity contribution < 1.29 is 4.39 Å². The van der Waals surface area contributed by atoms with Gasteiger partial charge < -0.3 is 5.32 Å². The predicted octanol–water partition coefficient (Wildman–Crippen LogP) is 5.61. The van der Waals surface area contributed by atoms with E-state index in [0.717, 1.165) is 29.2 Å². The first kappa shape index (κ1) is 14.8. The summed E-state index contributed by atoms with van der Waals surface area (Å²) in [4.78, 5) is 0. The van der Waals surface area contributed by atoms with E-state index in [2.05, 4.69) is 35.1 Å². The normalized spacial score (nSPS) is 24.3. The topological polar surface area (TPSA) is 12.0 Å². The van der Waals surface area contributed by atoms with Crippen LogP contribution < -0.4 is 5.32 Å². The average molecular weight is 328 g/mol. The Labute approximate surface area is 124 Å². The fraction of sp³-hybridized carbons (Fsp3) is 0.625. The summed E-state index contributed by atoms with van der Waals surface area (Å²) >= 11 is 3.29. The summed E-state index contributed by atoms with van der Waals surface area (Å²) in [5, 5.41) is 3.38. The quantitative estimate of drug-likeness (QED) is 0.712. The number of benzene rings is 1. The lowest BCUT2D eigenvalue weighted by atomic mass is 9.89. The molecule has 106 valence electrons. The van der Waals surface area contributed by atoms with E-state index in [1.807, 2.05) is 12.1 Å². The summed E-state index contributed by atoms with van der Waals surface area (Å²) in [6.45, 7) is 4.62. The van der Waals surface area contributed by atoms with Gasteiger partial charge in [-0.1, -0.05) is 42.6 Å². The number of hydrogen-bond donors (Lipinski definition) is 1. The third-order valence-electron chi connectivity index (χ3n) is 4.25. The Morgan fingerprint density at radius 1 is 1.21 bits per heavy atom. The van der Waals surface area contributed by atoms with Crippen LogP contribution in [-0.4, -0.2) is 6.04 Å². The first-order valence-electron chi connectivity index (χ1n) is 7.28. The molecule has 0 saturated heterocycles. The number of hydrogen-bond acceptors (Lipinski definition) is 1. The van der Waals surface area contributed by atoms with E-state index in [0.29, 0.717) is 11.7 Å². The van der Waals surface area contributed by atoms with Crippen molar-refractivity contribution in [1.29, 1.82) is 0 Å². The van der Waals surface area contributed by atoms with Crippen LogP contribution in [0.1, 0.15) is 46.0 Å². The molecule has 2 atom stereocenters. The van der Waals surface area contributed by atoms with Crippen molar-refractivity contribution in [2.75, 3.05) is 5.32 Å². The first-order valence-corrected chi connectivity index (χ1v) is 8.07. The zero-order chi connectivity index (χ0) is 13.8. The van der Waals surface area contributed by atoms with Gasteiger partial charge in [-0.2, -0.15) is 0 Å². The molecule has 0 spiro atoms. The van der Waals surface area contributed by atoms with Gasteiger partial charge in [-0.15, -0.1) is 0 Å². The van der Waals surface area contributed by atoms with Gasteiger partial charge in [0.2, 0.25) is 0 Å². The molecule has 0 radical (unpaired) electrons. The highest BCUT2D eigenvalue weighted by atomic mass is 79.9. The number of rotatable bonds is 3. The van der Waals surface area contributed by atoms with Crippen LogP contribution in [0.25, 0.3) is 0 Å². The molecule has 1 aliphatic carbocycles. The van der Waals surface area contributed by atoms with Gasteiger partial charge in [-0.05, 0) is 49.3 Å². The largest absolute Gasteiger partial charge is 0.380 e. The highest BCUT2D eigenvalue weighted by molar-refractivity contribution is 9.10. The lowest BCUT2D eigenvalue weighted by Crippen LogP contribution is -2.19. The summed E-state index contributed by atoms with van der Waals surface area (Å²) in [7, 11) is 0. The molecule has 1 nitrogen and oxygen atoms in total. The van der Waals surface area contributed by atoms with Crippen LogP contribution in [0.4, 0.5) is 10.1 Å². The van der Waals surface area contributed by atoms with E-state index in [1.165, 1.54) is 25.3 Å². The molecule has 1 fully saturated rings. The van der Waals surface area contributed by atoms with Gasteiger partial charge >= 0.3 is 0 Å². The van der Waals surface area contributed by atoms with Gasteiger partial charge in [0.15, 0.2) is 0 Å². The molecule has 1 aromatic carbocycles. The van der Waals surface area contributed by atoms with Gasteiger partial charge in [-0.25, -0.2) is 4.39 Å². The second-order valence-corrected chi connectivity index (χ2v) is 6.89. The third-order valence-corrected chi connectivity index (χ3v) is 4.74. The molecule has 0 bridgehead atoms. The molecule has 0 aromatic heterocycles. The highest BCUT2D eigenvalue weighted by Crippen LogP contribution is 2.30. The van der Waals surface area contributed by atoms with Crippen LogP contribution in [0.15, 0.2) is 22.7 Å². The zero-order valence-corrected chi connectivity index (χ0v) is 13.3. The van der Waals surface area contributed by atoms with E-state index < -0.39 is 0 Å². The Morgan fingerprint density at radius 2 is 2.00 bits per heavy atom. The second-order valence-electron chi connectivity index (χ2n) is 5.98. The van der Waals surface area contributed by atoms with E-state index >= 15 is 0 Å². The Bertz CT molecular complexity index is 419. The van der Waals surface area contributed by atoms with Gasteiger partial charge in [0.1, 0.15) is 5.82 Å². The van der Waals surface area contributed by atoms with Crippen LogP contribution in [0.3, 0.4) is 0 Å². The molecule has 1 N–H and O–H groups in total. The number of anilines is 1. The summed E-state index contributed by atoms with van der Waals surface area (Å²) in [6, 6.07) is 5.65. The van der Waals surface area contributed by atoms with Crippen LogP contribution in [-0.2, 0) is 0 Å². The van der Waals surface area contributed by atoms with Crippen molar-refractivity contribution in [3.63, 3.8) is 0 Å². The fourth-order valence-electron chi connectivity index (χ4n) is 2.97. The lowest BCUT2D eigenvalue weighted by Gasteiger charge is -2.20. The molecular formula is C16H23BrFN. The predicted molar refractivity (Wildman–Crippen MR) is 82.9 cm³/mol. The molecule has 3 heteroatoms. The SMILES string of the molecule is CC(C)C1CCCC(Nc2ccc(Br)cc2F)CC1. The van der Waals surface area contributed by atoms with Crippen LogP contribution in [0.2, 0.25) is 0 Å². The molecular weight excluding hydrogens is 305 g/mol. The van der Waals surface area contributed by atoms with Gasteiger partial charge in [-0.3, -0.25) is 0 Å². The molecule has 1 aromatic rings. The molecule has 2 rings (SSSR count). The van der Waals surface area contributed by atoms with E-state index in [4.69, 9.17) is 0 Å². The van der Waals surface area contributed by atoms with Crippen molar-refractivity contribution in [3.8, 4) is 0 Å². The Kier molecular flexibility index (Phi) is 5.26. The summed E-state index contributed by atoms with van der Waals surface area (Å²) in [5.41, 5.74) is 0.635. The van der Waals surface area contributed by atoms with E-state index in [-0.39, 0.29) is 5.82 Å². The average Bonchev–Trinajstić information content (AvgIpc) is 2.58. The number of halogens is 2. The second kappa shape index (κ2) is 6.74. The van der Waals surface area contributed by atoms with Crippen LogP contribution in [0.5, 0.6) is 0 Å². The maximum Gasteiger partial charge on any atom is 0.147 e. The lowest BCUT2D eigenvalue weighted by molar-refractivity contribution is 0.341. The van der Waals surface area contributed by atoms with Gasteiger partial charge in [0.25, 0.3) is 0 Å². The minimum Gasteiger partial charge on any atom is -0.380 e. The molecule has 0 heterocycles. The molecule has 0 amide bonds. The van der Waals surface area contributed by atoms with Crippen LogP contribution in [0, 0.1) is 17.7 Å². The molecule has 2 unspecified atom stereocenters. The van der Waals surface area contributed by atoms with Crippen molar-refractivity contribution in [2.24, 2.45) is 11.8 Å². The molecule has 1 aliphatic rings. The van der Waals surface area contributed by atoms with Crippen molar-refractivity contribution >= 4 is 21.6 Å². The minimum atomic E-state index is -0.168. The first-order chi connectivity index (χ1) is 9.06. The Balaban J connectivity index is 1.96. The summed E-state index contributed by atoms with van der Waals surface area (Å²) < 4.78 is 14.6. The Morgan fingerprint density at radius 3 is 2.68 bits per heavy atom. The minimum absolute atomic E-state index is 0.168. The monoisotopic (exact) mass is 327 g/mol. The summed E-state index contributed by atoms with van der Waals surface area (Å²) in [5.74, 6) is 1.43. The maximum atomic E-state index is 13.8. The van der Waals surface area contributed by atoms with Crippen molar-refractivity contribution in [1.82, 2.24) is 0 Å². The Hall–Kier alpha value is -0.570. The van der Waals surface area contributed by atoms with Crippen LogP contribution >= 0.6 is 15.9 Å². The van der Waals surface area contributed by atoms with Gasteiger partial charge in [0.05, 0.1) is 5.69 Å². The zero-order valence-electron chi connectivity index (χ0n) is 11.8. The third kappa shape index (κ3) is 4.20. The molecule has 0 aliphatic heterocycles. The highest BCUT2D eigenvalue weighted by Gasteiger charge is 2.21. The van der Waals surface area contributed by atoms with Crippen molar-refractivity contribution in [3.05, 3.63) is 28.5 Å². The molecule has 1 saturated carbocycles.